The number of nitrogens with two attached hydrogens (primary N) is 1. The maximum Gasteiger partial charge on any atom is 0.244 e. The highest BCUT2D eigenvalue weighted by molar-refractivity contribution is 5.91. The van der Waals surface area contributed by atoms with Crippen molar-refractivity contribution in [2.75, 3.05) is 0 Å². The molecule has 1 amide bonds. The van der Waals surface area contributed by atoms with Gasteiger partial charge in [0.15, 0.2) is 0 Å². The van der Waals surface area contributed by atoms with Crippen LogP contribution in [-0.4, -0.2) is 17.1 Å². The Bertz CT molecular complexity index is 139. The highest BCUT2D eigenvalue weighted by atomic mass is 16.3. The Hall–Kier alpha value is -0.830. The molecule has 1 unspecified atom stereocenters. The molecule has 0 aliphatic rings. The van der Waals surface area contributed by atoms with E-state index in [4.69, 9.17) is 10.8 Å². The number of amides is 1. The highest BCUT2D eigenvalue weighted by Gasteiger charge is 1.97. The second kappa shape index (κ2) is 7.28. The van der Waals surface area contributed by atoms with E-state index in [1.807, 2.05) is 13.8 Å². The van der Waals surface area contributed by atoms with Crippen LogP contribution in [-0.2, 0) is 4.79 Å². The lowest BCUT2D eigenvalue weighted by molar-refractivity contribution is -0.114. The quantitative estimate of drug-likeness (QED) is 0.586. The zero-order chi connectivity index (χ0) is 9.44. The Morgan fingerprint density at radius 3 is 2.00 bits per heavy atom. The van der Waals surface area contributed by atoms with Crippen molar-refractivity contribution in [2.45, 2.75) is 33.8 Å². The molecule has 3 nitrogen and oxygen atoms in total. The van der Waals surface area contributed by atoms with E-state index in [2.05, 4.69) is 0 Å². The van der Waals surface area contributed by atoms with Gasteiger partial charge >= 0.3 is 0 Å². The SMILES string of the molecule is CC.CC(=CC(C)O)C(N)=O. The summed E-state index contributed by atoms with van der Waals surface area (Å²) < 4.78 is 0. The minimum atomic E-state index is -0.600. The lowest BCUT2D eigenvalue weighted by atomic mass is 10.2. The van der Waals surface area contributed by atoms with E-state index in [9.17, 15) is 4.79 Å². The van der Waals surface area contributed by atoms with Crippen molar-refractivity contribution in [1.29, 1.82) is 0 Å². The lowest BCUT2D eigenvalue weighted by Crippen LogP contribution is -2.13. The summed E-state index contributed by atoms with van der Waals surface area (Å²) in [5.41, 5.74) is 5.26. The maximum absolute atomic E-state index is 10.3. The molecule has 0 saturated heterocycles. The Morgan fingerprint density at radius 2 is 1.91 bits per heavy atom. The zero-order valence-corrected chi connectivity index (χ0v) is 7.59. The number of rotatable bonds is 2. The number of aliphatic hydroxyl groups excluding tert-OH is 1. The third-order valence-electron chi connectivity index (χ3n) is 0.880. The van der Waals surface area contributed by atoms with Gasteiger partial charge in [-0.2, -0.15) is 0 Å². The first-order valence-electron chi connectivity index (χ1n) is 3.70. The largest absolute Gasteiger partial charge is 0.389 e. The number of hydrogen-bond acceptors (Lipinski definition) is 2. The second-order valence-corrected chi connectivity index (χ2v) is 1.95. The van der Waals surface area contributed by atoms with Crippen molar-refractivity contribution < 1.29 is 9.90 Å². The Labute approximate surface area is 67.9 Å². The van der Waals surface area contributed by atoms with Gasteiger partial charge in [0, 0.05) is 5.57 Å². The summed E-state index contributed by atoms with van der Waals surface area (Å²) in [7, 11) is 0. The summed E-state index contributed by atoms with van der Waals surface area (Å²) in [5, 5.41) is 8.69. The first-order valence-corrected chi connectivity index (χ1v) is 3.70. The van der Waals surface area contributed by atoms with Gasteiger partial charge in [-0.25, -0.2) is 0 Å². The standard InChI is InChI=1S/C6H11NO2.C2H6/c1-4(6(7)9)3-5(2)8;1-2/h3,5,8H,1-2H3,(H2,7,9);1-2H3. The molecular weight excluding hydrogens is 142 g/mol. The van der Waals surface area contributed by atoms with Gasteiger partial charge in [-0.15, -0.1) is 0 Å². The van der Waals surface area contributed by atoms with Gasteiger partial charge in [0.2, 0.25) is 5.91 Å². The molecule has 0 aromatic carbocycles. The molecule has 0 spiro atoms. The molecule has 0 bridgehead atoms. The predicted molar refractivity (Wildman–Crippen MR) is 46.0 cm³/mol. The van der Waals surface area contributed by atoms with Crippen molar-refractivity contribution in [2.24, 2.45) is 5.73 Å². The summed E-state index contributed by atoms with van der Waals surface area (Å²) in [6.45, 7) is 7.13. The van der Waals surface area contributed by atoms with Crippen LogP contribution in [0.1, 0.15) is 27.7 Å². The summed E-state index contributed by atoms with van der Waals surface area (Å²) in [6, 6.07) is 0. The monoisotopic (exact) mass is 159 g/mol. The maximum atomic E-state index is 10.3. The Kier molecular flexibility index (Phi) is 8.48. The third kappa shape index (κ3) is 9.17. The fourth-order valence-corrected chi connectivity index (χ4v) is 0.444. The highest BCUT2D eigenvalue weighted by Crippen LogP contribution is 1.92. The molecule has 11 heavy (non-hydrogen) atoms. The number of primary amides is 1. The van der Waals surface area contributed by atoms with E-state index in [1.165, 1.54) is 6.08 Å². The van der Waals surface area contributed by atoms with E-state index in [-0.39, 0.29) is 0 Å². The number of hydrogen-bond donors (Lipinski definition) is 2. The molecule has 0 radical (unpaired) electrons. The summed E-state index contributed by atoms with van der Waals surface area (Å²) in [6.07, 6.45) is 0.806. The van der Waals surface area contributed by atoms with Gasteiger partial charge < -0.3 is 10.8 Å². The summed E-state index contributed by atoms with van der Waals surface area (Å²) in [5.74, 6) is -0.490. The van der Waals surface area contributed by atoms with Gasteiger partial charge in [0.05, 0.1) is 6.10 Å². The Morgan fingerprint density at radius 1 is 1.55 bits per heavy atom. The molecule has 0 rings (SSSR count). The normalized spacial score (nSPS) is 13.0. The fourth-order valence-electron chi connectivity index (χ4n) is 0.444. The Balaban J connectivity index is 0. The van der Waals surface area contributed by atoms with Crippen LogP contribution in [0.15, 0.2) is 11.6 Å². The van der Waals surface area contributed by atoms with Crippen LogP contribution in [0.3, 0.4) is 0 Å². The third-order valence-corrected chi connectivity index (χ3v) is 0.880. The number of carbonyl (C=O) groups is 1. The minimum Gasteiger partial charge on any atom is -0.389 e. The smallest absolute Gasteiger partial charge is 0.244 e. The molecule has 3 heteroatoms. The molecule has 0 heterocycles. The fraction of sp³-hybridized carbons (Fsp3) is 0.625. The van der Waals surface area contributed by atoms with Gasteiger partial charge in [0.1, 0.15) is 0 Å². The van der Waals surface area contributed by atoms with Crippen LogP contribution in [0.5, 0.6) is 0 Å². The minimum absolute atomic E-state index is 0.394. The molecule has 0 aliphatic carbocycles. The zero-order valence-electron chi connectivity index (χ0n) is 7.59. The molecule has 3 N–H and O–H groups in total. The van der Waals surface area contributed by atoms with E-state index >= 15 is 0 Å². The van der Waals surface area contributed by atoms with Gasteiger partial charge in [-0.05, 0) is 19.9 Å². The van der Waals surface area contributed by atoms with E-state index < -0.39 is 12.0 Å². The topological polar surface area (TPSA) is 63.3 Å². The van der Waals surface area contributed by atoms with Gasteiger partial charge in [-0.3, -0.25) is 4.79 Å². The molecule has 0 aromatic rings. The first kappa shape index (κ1) is 12.8. The molecule has 0 saturated carbocycles. The molecular formula is C8H17NO2. The van der Waals surface area contributed by atoms with Crippen LogP contribution in [0, 0.1) is 0 Å². The van der Waals surface area contributed by atoms with Crippen molar-refractivity contribution >= 4 is 5.91 Å². The average molecular weight is 159 g/mol. The number of carbonyl (C=O) groups excluding carboxylic acids is 1. The predicted octanol–water partition coefficient (Wildman–Crippen LogP) is 0.825. The van der Waals surface area contributed by atoms with Crippen LogP contribution in [0.25, 0.3) is 0 Å². The second-order valence-electron chi connectivity index (χ2n) is 1.95. The molecule has 0 fully saturated rings. The van der Waals surface area contributed by atoms with E-state index in [0.717, 1.165) is 0 Å². The van der Waals surface area contributed by atoms with Gasteiger partial charge in [0.25, 0.3) is 0 Å². The van der Waals surface area contributed by atoms with Crippen molar-refractivity contribution in [1.82, 2.24) is 0 Å². The molecule has 0 aromatic heterocycles. The molecule has 1 atom stereocenters. The average Bonchev–Trinajstić information content (AvgIpc) is 1.90. The van der Waals surface area contributed by atoms with Crippen molar-refractivity contribution in [3.05, 3.63) is 11.6 Å². The van der Waals surface area contributed by atoms with E-state index in [0.29, 0.717) is 5.57 Å². The first-order chi connectivity index (χ1) is 5.04. The van der Waals surface area contributed by atoms with Gasteiger partial charge in [-0.1, -0.05) is 13.8 Å². The molecule has 66 valence electrons. The van der Waals surface area contributed by atoms with Crippen LogP contribution in [0.2, 0.25) is 0 Å². The van der Waals surface area contributed by atoms with Crippen LogP contribution in [0.4, 0.5) is 0 Å². The van der Waals surface area contributed by atoms with E-state index in [1.54, 1.807) is 13.8 Å². The van der Waals surface area contributed by atoms with Crippen LogP contribution >= 0.6 is 0 Å². The van der Waals surface area contributed by atoms with Crippen molar-refractivity contribution in [3.8, 4) is 0 Å². The summed E-state index contributed by atoms with van der Waals surface area (Å²) >= 11 is 0. The lowest BCUT2D eigenvalue weighted by Gasteiger charge is -1.95. The van der Waals surface area contributed by atoms with Crippen LogP contribution < -0.4 is 5.73 Å². The number of aliphatic hydroxyl groups is 1. The van der Waals surface area contributed by atoms with Crippen molar-refractivity contribution in [3.63, 3.8) is 0 Å². The molecule has 0 aliphatic heterocycles. The summed E-state index contributed by atoms with van der Waals surface area (Å²) in [4.78, 5) is 10.3.